The lowest BCUT2D eigenvalue weighted by molar-refractivity contribution is 0.0856. The van der Waals surface area contributed by atoms with E-state index in [1.807, 2.05) is 33.8 Å². The summed E-state index contributed by atoms with van der Waals surface area (Å²) in [6, 6.07) is 6.20. The van der Waals surface area contributed by atoms with Crippen molar-refractivity contribution in [3.63, 3.8) is 0 Å². The summed E-state index contributed by atoms with van der Waals surface area (Å²) in [4.78, 5) is 12.5. The fourth-order valence-corrected chi connectivity index (χ4v) is 1.90. The van der Waals surface area contributed by atoms with Crippen molar-refractivity contribution in [2.75, 3.05) is 0 Å². The van der Waals surface area contributed by atoms with Crippen molar-refractivity contribution in [1.29, 1.82) is 0 Å². The van der Waals surface area contributed by atoms with Crippen LogP contribution < -0.4 is 0 Å². The van der Waals surface area contributed by atoms with E-state index in [1.165, 1.54) is 0 Å². The van der Waals surface area contributed by atoms with Gasteiger partial charge in [-0.2, -0.15) is 0 Å². The molecular formula is C16H24O. The summed E-state index contributed by atoms with van der Waals surface area (Å²) < 4.78 is 0. The predicted octanol–water partition coefficient (Wildman–Crippen LogP) is 4.52. The van der Waals surface area contributed by atoms with Gasteiger partial charge in [-0.15, -0.1) is 0 Å². The first-order valence-corrected chi connectivity index (χ1v) is 6.19. The molecule has 0 aliphatic rings. The fraction of sp³-hybridized carbons (Fsp3) is 0.562. The second-order valence-electron chi connectivity index (χ2n) is 6.88. The minimum absolute atomic E-state index is 0.00391. The molecule has 1 aromatic carbocycles. The molecule has 0 unspecified atom stereocenters. The molecule has 0 saturated carbocycles. The van der Waals surface area contributed by atoms with Crippen LogP contribution in [-0.2, 0) is 5.41 Å². The number of rotatable bonds is 1. The Morgan fingerprint density at radius 1 is 1.00 bits per heavy atom. The van der Waals surface area contributed by atoms with E-state index in [-0.39, 0.29) is 16.6 Å². The van der Waals surface area contributed by atoms with Crippen LogP contribution in [-0.4, -0.2) is 5.78 Å². The lowest BCUT2D eigenvalue weighted by atomic mass is 9.77. The van der Waals surface area contributed by atoms with Gasteiger partial charge in [0.2, 0.25) is 0 Å². The molecule has 0 fully saturated rings. The minimum atomic E-state index is -0.326. The summed E-state index contributed by atoms with van der Waals surface area (Å²) in [7, 11) is 0. The van der Waals surface area contributed by atoms with Gasteiger partial charge in [0, 0.05) is 11.0 Å². The third-order valence-corrected chi connectivity index (χ3v) is 2.91. The molecule has 0 radical (unpaired) electrons. The normalized spacial score (nSPS) is 12.6. The summed E-state index contributed by atoms with van der Waals surface area (Å²) in [6.45, 7) is 14.4. The van der Waals surface area contributed by atoms with Gasteiger partial charge < -0.3 is 0 Å². The van der Waals surface area contributed by atoms with Crippen molar-refractivity contribution in [2.24, 2.45) is 5.41 Å². The topological polar surface area (TPSA) is 17.1 Å². The van der Waals surface area contributed by atoms with Gasteiger partial charge in [-0.25, -0.2) is 0 Å². The molecule has 0 bridgehead atoms. The highest BCUT2D eigenvalue weighted by atomic mass is 16.1. The maximum Gasteiger partial charge on any atom is 0.168 e. The van der Waals surface area contributed by atoms with Gasteiger partial charge in [0.1, 0.15) is 0 Å². The second-order valence-corrected chi connectivity index (χ2v) is 6.88. The average Bonchev–Trinajstić information content (AvgIpc) is 2.13. The Kier molecular flexibility index (Phi) is 3.52. The molecule has 94 valence electrons. The first-order valence-electron chi connectivity index (χ1n) is 6.19. The first-order chi connectivity index (χ1) is 7.53. The zero-order chi connectivity index (χ0) is 13.4. The van der Waals surface area contributed by atoms with Crippen molar-refractivity contribution in [1.82, 2.24) is 0 Å². The first kappa shape index (κ1) is 14.0. The van der Waals surface area contributed by atoms with Crippen LogP contribution in [0, 0.1) is 12.3 Å². The summed E-state index contributed by atoms with van der Waals surface area (Å²) in [5.74, 6) is 0.228. The Hall–Kier alpha value is -1.11. The van der Waals surface area contributed by atoms with Crippen molar-refractivity contribution >= 4 is 5.78 Å². The zero-order valence-electron chi connectivity index (χ0n) is 12.1. The number of carbonyl (C=O) groups excluding carboxylic acids is 1. The van der Waals surface area contributed by atoms with E-state index in [0.717, 1.165) is 16.7 Å². The number of carbonyl (C=O) groups is 1. The number of hydrogen-bond donors (Lipinski definition) is 0. The van der Waals surface area contributed by atoms with Crippen LogP contribution in [0.25, 0.3) is 0 Å². The molecule has 1 heteroatoms. The second kappa shape index (κ2) is 4.29. The molecule has 0 spiro atoms. The minimum Gasteiger partial charge on any atom is -0.294 e. The molecule has 1 aromatic rings. The van der Waals surface area contributed by atoms with E-state index in [4.69, 9.17) is 0 Å². The van der Waals surface area contributed by atoms with Crippen molar-refractivity contribution in [2.45, 2.75) is 53.9 Å². The van der Waals surface area contributed by atoms with Gasteiger partial charge in [-0.1, -0.05) is 59.2 Å². The zero-order valence-corrected chi connectivity index (χ0v) is 12.1. The van der Waals surface area contributed by atoms with E-state index in [2.05, 4.69) is 32.9 Å². The molecule has 0 N–H and O–H groups in total. The Bertz CT molecular complexity index is 428. The molecule has 17 heavy (non-hydrogen) atoms. The monoisotopic (exact) mass is 232 g/mol. The van der Waals surface area contributed by atoms with Crippen LogP contribution in [0.3, 0.4) is 0 Å². The van der Waals surface area contributed by atoms with Crippen molar-refractivity contribution < 1.29 is 4.79 Å². The Labute approximate surface area is 105 Å². The van der Waals surface area contributed by atoms with Gasteiger partial charge in [-0.05, 0) is 24.0 Å². The third-order valence-electron chi connectivity index (χ3n) is 2.91. The number of benzene rings is 1. The quantitative estimate of drug-likeness (QED) is 0.650. The average molecular weight is 232 g/mol. The van der Waals surface area contributed by atoms with Crippen LogP contribution in [0.5, 0.6) is 0 Å². The van der Waals surface area contributed by atoms with Gasteiger partial charge >= 0.3 is 0 Å². The molecule has 0 amide bonds. The van der Waals surface area contributed by atoms with E-state index in [9.17, 15) is 4.79 Å². The molecule has 0 aromatic heterocycles. The molecule has 0 heterocycles. The smallest absolute Gasteiger partial charge is 0.168 e. The summed E-state index contributed by atoms with van der Waals surface area (Å²) in [5.41, 5.74) is 2.84. The van der Waals surface area contributed by atoms with Crippen LogP contribution in [0.2, 0.25) is 0 Å². The predicted molar refractivity (Wildman–Crippen MR) is 73.7 cm³/mol. The molecule has 0 aliphatic heterocycles. The van der Waals surface area contributed by atoms with Gasteiger partial charge in [0.25, 0.3) is 0 Å². The van der Waals surface area contributed by atoms with E-state index in [1.54, 1.807) is 0 Å². The lowest BCUT2D eigenvalue weighted by Crippen LogP contribution is -2.25. The summed E-state index contributed by atoms with van der Waals surface area (Å²) in [5, 5.41) is 0. The van der Waals surface area contributed by atoms with E-state index in [0.29, 0.717) is 0 Å². The number of ketones is 1. The standard InChI is InChI=1S/C16H24O/c1-11-8-9-13(15(2,3)4)12(10-11)14(17)16(5,6)7/h8-10H,1-7H3. The van der Waals surface area contributed by atoms with E-state index >= 15 is 0 Å². The maximum atomic E-state index is 12.5. The Morgan fingerprint density at radius 2 is 1.53 bits per heavy atom. The molecule has 0 saturated heterocycles. The fourth-order valence-electron chi connectivity index (χ4n) is 1.90. The Balaban J connectivity index is 3.41. The van der Waals surface area contributed by atoms with Crippen LogP contribution in [0.15, 0.2) is 18.2 Å². The SMILES string of the molecule is Cc1ccc(C(C)(C)C)c(C(=O)C(C)(C)C)c1. The van der Waals surface area contributed by atoms with Crippen molar-refractivity contribution in [3.05, 3.63) is 34.9 Å². The van der Waals surface area contributed by atoms with E-state index < -0.39 is 0 Å². The number of Topliss-reactive ketones (excluding diaryl/α,β-unsaturated/α-hetero) is 1. The molecule has 1 rings (SSSR count). The number of aryl methyl sites for hydroxylation is 1. The molecule has 1 nitrogen and oxygen atoms in total. The van der Waals surface area contributed by atoms with Gasteiger partial charge in [-0.3, -0.25) is 4.79 Å². The Morgan fingerprint density at radius 3 is 1.94 bits per heavy atom. The van der Waals surface area contributed by atoms with Crippen LogP contribution in [0.4, 0.5) is 0 Å². The molecule has 0 atom stereocenters. The summed E-state index contributed by atoms with van der Waals surface area (Å²) in [6.07, 6.45) is 0. The van der Waals surface area contributed by atoms with Crippen LogP contribution >= 0.6 is 0 Å². The van der Waals surface area contributed by atoms with Gasteiger partial charge in [0.05, 0.1) is 0 Å². The highest BCUT2D eigenvalue weighted by Crippen LogP contribution is 2.31. The largest absolute Gasteiger partial charge is 0.294 e. The highest BCUT2D eigenvalue weighted by Gasteiger charge is 2.28. The van der Waals surface area contributed by atoms with Gasteiger partial charge in [0.15, 0.2) is 5.78 Å². The molecular weight excluding hydrogens is 208 g/mol. The third kappa shape index (κ3) is 3.18. The maximum absolute atomic E-state index is 12.5. The molecule has 0 aliphatic carbocycles. The van der Waals surface area contributed by atoms with Crippen molar-refractivity contribution in [3.8, 4) is 0 Å². The lowest BCUT2D eigenvalue weighted by Gasteiger charge is -2.26. The summed E-state index contributed by atoms with van der Waals surface area (Å²) >= 11 is 0. The highest BCUT2D eigenvalue weighted by molar-refractivity contribution is 6.01. The van der Waals surface area contributed by atoms with Crippen LogP contribution in [0.1, 0.15) is 63.0 Å². The number of hydrogen-bond acceptors (Lipinski definition) is 1.